The number of aromatic nitrogens is 3. The number of rotatable bonds is 5. The van der Waals surface area contributed by atoms with Crippen molar-refractivity contribution in [1.29, 1.82) is 0 Å². The van der Waals surface area contributed by atoms with E-state index in [0.29, 0.717) is 54.4 Å². The van der Waals surface area contributed by atoms with Gasteiger partial charge in [-0.05, 0) is 47.5 Å². The minimum Gasteiger partial charge on any atom is -0.478 e. The van der Waals surface area contributed by atoms with E-state index in [0.717, 1.165) is 17.7 Å². The van der Waals surface area contributed by atoms with Gasteiger partial charge in [-0.25, -0.2) is 9.48 Å². The lowest BCUT2D eigenvalue weighted by atomic mass is 9.95. The normalized spacial score (nSPS) is 14.1. The van der Waals surface area contributed by atoms with Crippen LogP contribution >= 0.6 is 0 Å². The van der Waals surface area contributed by atoms with Gasteiger partial charge in [-0.1, -0.05) is 35.5 Å². The largest absolute Gasteiger partial charge is 0.478 e. The van der Waals surface area contributed by atoms with Crippen LogP contribution in [-0.2, 0) is 6.18 Å². The summed E-state index contributed by atoms with van der Waals surface area (Å²) in [7, 11) is 0. The van der Waals surface area contributed by atoms with Crippen LogP contribution in [0.2, 0.25) is 0 Å². The van der Waals surface area contributed by atoms with Crippen molar-refractivity contribution < 1.29 is 23.1 Å². The summed E-state index contributed by atoms with van der Waals surface area (Å²) in [4.78, 5) is 14.4. The molecule has 0 atom stereocenters. The molecule has 7 nitrogen and oxygen atoms in total. The Hall–Kier alpha value is -4.18. The van der Waals surface area contributed by atoms with Crippen molar-refractivity contribution in [3.8, 4) is 28.1 Å². The quantitative estimate of drug-likeness (QED) is 0.418. The number of carboxylic acid groups (broad SMARTS) is 1. The highest BCUT2D eigenvalue weighted by molar-refractivity contribution is 6.01. The molecular formula is C26H22F3N5O2. The number of nitrogens with one attached hydrogen (secondary N) is 1. The van der Waals surface area contributed by atoms with E-state index < -0.39 is 17.7 Å². The van der Waals surface area contributed by atoms with Crippen LogP contribution in [-0.4, -0.2) is 52.2 Å². The highest BCUT2D eigenvalue weighted by Gasteiger charge is 2.30. The van der Waals surface area contributed by atoms with Gasteiger partial charge in [0.15, 0.2) is 0 Å². The summed E-state index contributed by atoms with van der Waals surface area (Å²) >= 11 is 0. The van der Waals surface area contributed by atoms with E-state index in [1.54, 1.807) is 12.3 Å². The molecule has 2 heterocycles. The van der Waals surface area contributed by atoms with Gasteiger partial charge < -0.3 is 15.3 Å². The lowest BCUT2D eigenvalue weighted by Gasteiger charge is -2.32. The molecule has 0 bridgehead atoms. The minimum atomic E-state index is -4.44. The van der Waals surface area contributed by atoms with Gasteiger partial charge in [0, 0.05) is 31.7 Å². The molecule has 5 rings (SSSR count). The lowest BCUT2D eigenvalue weighted by Crippen LogP contribution is -2.44. The van der Waals surface area contributed by atoms with Crippen LogP contribution in [0.15, 0.2) is 72.9 Å². The number of anilines is 1. The number of carboxylic acids is 1. The number of benzene rings is 3. The van der Waals surface area contributed by atoms with E-state index >= 15 is 0 Å². The maximum Gasteiger partial charge on any atom is 0.416 e. The van der Waals surface area contributed by atoms with Crippen LogP contribution in [0.25, 0.3) is 28.1 Å². The zero-order chi connectivity index (χ0) is 25.3. The Kier molecular flexibility index (Phi) is 6.19. The van der Waals surface area contributed by atoms with Gasteiger partial charge in [-0.15, -0.1) is 5.10 Å². The third-order valence-corrected chi connectivity index (χ3v) is 6.11. The van der Waals surface area contributed by atoms with Crippen molar-refractivity contribution in [1.82, 2.24) is 20.3 Å². The molecule has 0 aliphatic carbocycles. The average Bonchev–Trinajstić information content (AvgIpc) is 3.39. The Morgan fingerprint density at radius 3 is 2.28 bits per heavy atom. The van der Waals surface area contributed by atoms with E-state index in [2.05, 4.69) is 15.6 Å². The molecule has 3 aromatic carbocycles. The zero-order valence-corrected chi connectivity index (χ0v) is 19.0. The summed E-state index contributed by atoms with van der Waals surface area (Å²) in [5.74, 6) is -1.06. The van der Waals surface area contributed by atoms with E-state index in [4.69, 9.17) is 0 Å². The summed E-state index contributed by atoms with van der Waals surface area (Å²) in [6.45, 7) is 2.64. The number of hydrogen-bond donors (Lipinski definition) is 2. The van der Waals surface area contributed by atoms with Crippen LogP contribution in [0.5, 0.6) is 0 Å². The van der Waals surface area contributed by atoms with Crippen molar-refractivity contribution in [2.75, 3.05) is 31.1 Å². The molecule has 1 fully saturated rings. The fourth-order valence-electron chi connectivity index (χ4n) is 4.34. The number of alkyl halides is 3. The monoisotopic (exact) mass is 493 g/mol. The number of halogens is 3. The first-order valence-electron chi connectivity index (χ1n) is 11.3. The molecule has 0 unspecified atom stereocenters. The second-order valence-corrected chi connectivity index (χ2v) is 8.42. The maximum absolute atomic E-state index is 13.0. The molecule has 0 amide bonds. The molecule has 36 heavy (non-hydrogen) atoms. The Bertz CT molecular complexity index is 1380. The second kappa shape index (κ2) is 9.46. The van der Waals surface area contributed by atoms with Gasteiger partial charge in [0.25, 0.3) is 0 Å². The molecule has 2 N–H and O–H groups in total. The minimum absolute atomic E-state index is 0.150. The molecule has 1 aromatic heterocycles. The van der Waals surface area contributed by atoms with Crippen LogP contribution in [0, 0.1) is 0 Å². The fraction of sp³-hybridized carbons (Fsp3) is 0.192. The summed E-state index contributed by atoms with van der Waals surface area (Å²) in [6.07, 6.45) is -2.83. The molecule has 0 spiro atoms. The Morgan fingerprint density at radius 2 is 1.64 bits per heavy atom. The summed E-state index contributed by atoms with van der Waals surface area (Å²) in [6, 6.07) is 17.6. The first-order chi connectivity index (χ1) is 17.3. The number of piperazine rings is 1. The first-order valence-corrected chi connectivity index (χ1v) is 11.3. The summed E-state index contributed by atoms with van der Waals surface area (Å²) < 4.78 is 40.3. The van der Waals surface area contributed by atoms with Gasteiger partial charge in [0.1, 0.15) is 5.69 Å². The van der Waals surface area contributed by atoms with E-state index in [1.165, 1.54) is 16.8 Å². The number of hydrogen-bond acceptors (Lipinski definition) is 5. The van der Waals surface area contributed by atoms with Gasteiger partial charge in [0.05, 0.1) is 28.7 Å². The topological polar surface area (TPSA) is 83.3 Å². The number of nitrogens with zero attached hydrogens (tertiary/aromatic N) is 4. The smallest absolute Gasteiger partial charge is 0.416 e. The van der Waals surface area contributed by atoms with E-state index in [9.17, 15) is 23.1 Å². The standard InChI is InChI=1S/C26H22F3N5O2/c27-26(28,29)19-6-8-20(9-7-19)34-16-23(31-32-34)21-14-18(17-4-2-1-3-5-17)15-22(25(35)36)24(21)33-12-10-30-11-13-33/h1-9,14-16,30H,10-13H2,(H,35,36). The van der Waals surface area contributed by atoms with E-state index in [-0.39, 0.29) is 5.56 Å². The van der Waals surface area contributed by atoms with Crippen molar-refractivity contribution in [2.45, 2.75) is 6.18 Å². The highest BCUT2D eigenvalue weighted by Crippen LogP contribution is 2.38. The summed E-state index contributed by atoms with van der Waals surface area (Å²) in [5.41, 5.74) is 2.92. The average molecular weight is 493 g/mol. The molecule has 1 aliphatic rings. The second-order valence-electron chi connectivity index (χ2n) is 8.42. The van der Waals surface area contributed by atoms with Gasteiger partial charge in [0.2, 0.25) is 0 Å². The highest BCUT2D eigenvalue weighted by atomic mass is 19.4. The SMILES string of the molecule is O=C(O)c1cc(-c2ccccc2)cc(-c2cn(-c3ccc(C(F)(F)F)cc3)nn2)c1N1CCNCC1. The van der Waals surface area contributed by atoms with Crippen LogP contribution in [0.4, 0.5) is 18.9 Å². The van der Waals surface area contributed by atoms with Crippen molar-refractivity contribution >= 4 is 11.7 Å². The lowest BCUT2D eigenvalue weighted by molar-refractivity contribution is -0.137. The van der Waals surface area contributed by atoms with Gasteiger partial charge in [-0.2, -0.15) is 13.2 Å². The predicted octanol–water partition coefficient (Wildman–Crippen LogP) is 4.73. The molecular weight excluding hydrogens is 471 g/mol. The Morgan fingerprint density at radius 1 is 0.944 bits per heavy atom. The molecule has 1 saturated heterocycles. The van der Waals surface area contributed by atoms with Crippen LogP contribution in [0.3, 0.4) is 0 Å². The molecule has 184 valence electrons. The molecule has 4 aromatic rings. The fourth-order valence-corrected chi connectivity index (χ4v) is 4.34. The van der Waals surface area contributed by atoms with Crippen molar-refractivity contribution in [3.05, 3.63) is 84.1 Å². The van der Waals surface area contributed by atoms with Crippen LogP contribution < -0.4 is 10.2 Å². The van der Waals surface area contributed by atoms with Crippen LogP contribution in [0.1, 0.15) is 15.9 Å². The molecule has 10 heteroatoms. The van der Waals surface area contributed by atoms with Crippen molar-refractivity contribution in [3.63, 3.8) is 0 Å². The Labute approximate surface area is 204 Å². The number of carbonyl (C=O) groups is 1. The van der Waals surface area contributed by atoms with Gasteiger partial charge in [-0.3, -0.25) is 0 Å². The third kappa shape index (κ3) is 4.67. The predicted molar refractivity (Wildman–Crippen MR) is 129 cm³/mol. The maximum atomic E-state index is 13.0. The first kappa shape index (κ1) is 23.6. The van der Waals surface area contributed by atoms with E-state index in [1.807, 2.05) is 41.3 Å². The Balaban J connectivity index is 1.64. The molecule has 0 saturated carbocycles. The number of aromatic carboxylic acids is 1. The zero-order valence-electron chi connectivity index (χ0n) is 19.0. The van der Waals surface area contributed by atoms with Gasteiger partial charge >= 0.3 is 12.1 Å². The summed E-state index contributed by atoms with van der Waals surface area (Å²) in [5, 5.41) is 21.8. The molecule has 1 aliphatic heterocycles. The molecule has 0 radical (unpaired) electrons. The third-order valence-electron chi connectivity index (χ3n) is 6.11. The van der Waals surface area contributed by atoms with Crippen molar-refractivity contribution in [2.24, 2.45) is 0 Å².